The van der Waals surface area contributed by atoms with Crippen molar-refractivity contribution in [3.05, 3.63) is 9.84 Å². The van der Waals surface area contributed by atoms with Crippen molar-refractivity contribution in [1.29, 1.82) is 0 Å². The zero-order valence-corrected chi connectivity index (χ0v) is 27.4. The number of rotatable bonds is 11. The van der Waals surface area contributed by atoms with Crippen molar-refractivity contribution in [3.8, 4) is 0 Å². The fraction of sp³-hybridized carbons (Fsp3) is 0.900. The summed E-state index contributed by atoms with van der Waals surface area (Å²) in [5.74, 6) is 5.65. The van der Waals surface area contributed by atoms with E-state index in [2.05, 4.69) is 36.7 Å². The fourth-order valence-corrected chi connectivity index (χ4v) is 27.7. The first-order valence-corrected chi connectivity index (χ1v) is 25.2. The van der Waals surface area contributed by atoms with Crippen molar-refractivity contribution in [2.45, 2.75) is 107 Å². The third-order valence-corrected chi connectivity index (χ3v) is 30.3. The Labute approximate surface area is 238 Å². The zero-order valence-electron chi connectivity index (χ0n) is 23.0. The van der Waals surface area contributed by atoms with Gasteiger partial charge in [-0.25, -0.2) is 0 Å². The van der Waals surface area contributed by atoms with Gasteiger partial charge in [0, 0.05) is 0 Å². The molecule has 0 radical (unpaired) electrons. The molecule has 212 valence electrons. The molecule has 0 aromatic heterocycles. The summed E-state index contributed by atoms with van der Waals surface area (Å²) in [6.45, 7) is 12.4. The van der Waals surface area contributed by atoms with Crippen LogP contribution in [0.3, 0.4) is 0 Å². The minimum atomic E-state index is -0.891. The van der Waals surface area contributed by atoms with Crippen molar-refractivity contribution in [2.24, 2.45) is 46.1 Å². The van der Waals surface area contributed by atoms with Crippen molar-refractivity contribution in [1.82, 2.24) is 0 Å². The molecule has 5 nitrogen and oxygen atoms in total. The van der Waals surface area contributed by atoms with E-state index in [0.717, 1.165) is 59.9 Å². The van der Waals surface area contributed by atoms with Gasteiger partial charge >= 0.3 is 209 Å². The van der Waals surface area contributed by atoms with Crippen molar-refractivity contribution in [3.63, 3.8) is 0 Å². The molecule has 4 aliphatic carbocycles. The molecule has 0 aromatic rings. The van der Waals surface area contributed by atoms with Crippen LogP contribution in [-0.4, -0.2) is 51.2 Å². The summed E-state index contributed by atoms with van der Waals surface area (Å²) in [6, 6.07) is 0. The zero-order chi connectivity index (χ0) is 25.8. The predicted octanol–water partition coefficient (Wildman–Crippen LogP) is 3.57. The quantitative estimate of drug-likeness (QED) is 0.153. The molecule has 4 unspecified atom stereocenters. The molecule has 2 heterocycles. The Morgan fingerprint density at radius 1 is 1.27 bits per heavy atom. The number of hydrogen-bond acceptors (Lipinski definition) is 5. The SMILES string of the molecule is C=NOC1=C[I-]I(C[C@@]23CC2[C@@H](CCOC24CC[C@H]5C(C[C@@H](O)CC)CO[C@H]5[C@H]2C4)C[C@@H](C)C3)C(C)C1. The fourth-order valence-electron chi connectivity index (χ4n) is 8.81. The molecular weight excluding hydrogens is 692 g/mol. The Kier molecular flexibility index (Phi) is 8.30. The number of hydrogen-bond donors (Lipinski definition) is 1. The number of ether oxygens (including phenoxy) is 2. The Balaban J connectivity index is 0.989. The van der Waals surface area contributed by atoms with E-state index >= 15 is 0 Å². The summed E-state index contributed by atoms with van der Waals surface area (Å²) in [7, 11) is 0. The summed E-state index contributed by atoms with van der Waals surface area (Å²) in [5.41, 5.74) is 0.820. The molecule has 7 heteroatoms. The van der Waals surface area contributed by atoms with Crippen LogP contribution in [0.25, 0.3) is 0 Å². The molecule has 0 amide bonds. The van der Waals surface area contributed by atoms with E-state index in [4.69, 9.17) is 14.3 Å². The third-order valence-electron chi connectivity index (χ3n) is 10.8. The van der Waals surface area contributed by atoms with Gasteiger partial charge in [0.15, 0.2) is 0 Å². The van der Waals surface area contributed by atoms with Gasteiger partial charge in [-0.1, -0.05) is 6.92 Å². The summed E-state index contributed by atoms with van der Waals surface area (Å²) < 4.78 is 18.0. The number of alkyl halides is 2. The number of aliphatic hydroxyl groups is 1. The number of allylic oxidation sites excluding steroid dienone is 1. The van der Waals surface area contributed by atoms with Gasteiger partial charge in [0.2, 0.25) is 0 Å². The molecule has 1 N–H and O–H groups in total. The molecular formula is C30H48I2NO4-. The first-order chi connectivity index (χ1) is 17.9. The Morgan fingerprint density at radius 2 is 2.14 bits per heavy atom. The van der Waals surface area contributed by atoms with Gasteiger partial charge in [0.1, 0.15) is 0 Å². The van der Waals surface area contributed by atoms with E-state index in [0.29, 0.717) is 29.3 Å². The molecule has 5 fully saturated rings. The maximum atomic E-state index is 10.2. The number of oxime groups is 1. The van der Waals surface area contributed by atoms with Gasteiger partial charge in [-0.05, 0) is 12.8 Å². The Morgan fingerprint density at radius 3 is 2.92 bits per heavy atom. The van der Waals surface area contributed by atoms with Gasteiger partial charge in [0.05, 0.1) is 6.10 Å². The maximum absolute atomic E-state index is 10.2. The van der Waals surface area contributed by atoms with Gasteiger partial charge in [-0.2, -0.15) is 0 Å². The summed E-state index contributed by atoms with van der Waals surface area (Å²) in [6.07, 6.45) is 12.4. The Bertz CT molecular complexity index is 886. The van der Waals surface area contributed by atoms with Crippen LogP contribution >= 0.6 is 15.8 Å². The molecule has 6 aliphatic rings. The normalized spacial score (nSPS) is 48.0. The number of halogens is 2. The molecule has 0 bridgehead atoms. The first kappa shape index (κ1) is 27.7. The monoisotopic (exact) mass is 740 g/mol. The van der Waals surface area contributed by atoms with Gasteiger partial charge in [0.25, 0.3) is 0 Å². The molecule has 4 saturated carbocycles. The van der Waals surface area contributed by atoms with Crippen LogP contribution in [0.5, 0.6) is 0 Å². The van der Waals surface area contributed by atoms with Crippen molar-refractivity contribution in [2.75, 3.05) is 17.6 Å². The third kappa shape index (κ3) is 5.56. The van der Waals surface area contributed by atoms with Crippen LogP contribution in [0.15, 0.2) is 15.0 Å². The second-order valence-corrected chi connectivity index (χ2v) is 29.5. The predicted molar refractivity (Wildman–Crippen MR) is 152 cm³/mol. The van der Waals surface area contributed by atoms with E-state index in [1.165, 1.54) is 44.9 Å². The topological polar surface area (TPSA) is 60.3 Å². The van der Waals surface area contributed by atoms with Crippen LogP contribution in [0, 0.1) is 40.9 Å². The Hall–Kier alpha value is 0.550. The molecule has 6 rings (SSSR count). The molecule has 0 aromatic carbocycles. The average molecular weight is 741 g/mol. The summed E-state index contributed by atoms with van der Waals surface area (Å²) in [4.78, 5) is 5.41. The van der Waals surface area contributed by atoms with Gasteiger partial charge < -0.3 is 5.11 Å². The minimum absolute atomic E-state index is 0.128. The van der Waals surface area contributed by atoms with Gasteiger partial charge in [-0.3, -0.25) is 0 Å². The summed E-state index contributed by atoms with van der Waals surface area (Å²) in [5, 5.41) is 13.9. The van der Waals surface area contributed by atoms with Crippen LogP contribution < -0.4 is 17.2 Å². The van der Waals surface area contributed by atoms with E-state index in [1.54, 1.807) is 4.43 Å². The van der Waals surface area contributed by atoms with Crippen LogP contribution in [0.2, 0.25) is 0 Å². The summed E-state index contributed by atoms with van der Waals surface area (Å²) >= 11 is -0.702. The molecule has 2 aliphatic heterocycles. The van der Waals surface area contributed by atoms with E-state index in [1.807, 2.05) is 0 Å². The molecule has 0 spiro atoms. The van der Waals surface area contributed by atoms with Crippen LogP contribution in [0.4, 0.5) is 0 Å². The second-order valence-electron chi connectivity index (χ2n) is 13.4. The number of fused-ring (bicyclic) bond motifs is 4. The molecule has 1 saturated heterocycles. The molecule has 11 atom stereocenters. The number of nitrogens with zero attached hydrogens (tertiary/aromatic N) is 1. The van der Waals surface area contributed by atoms with Gasteiger partial charge in [-0.15, -0.1) is 0 Å². The van der Waals surface area contributed by atoms with E-state index in [9.17, 15) is 5.11 Å². The second kappa shape index (κ2) is 11.1. The average Bonchev–Trinajstić information content (AvgIpc) is 3.74. The first-order valence-electron chi connectivity index (χ1n) is 14.9. The number of aliphatic hydroxyl groups excluding tert-OH is 1. The van der Waals surface area contributed by atoms with E-state index < -0.39 is 15.8 Å². The molecule has 37 heavy (non-hydrogen) atoms. The van der Waals surface area contributed by atoms with Crippen molar-refractivity contribution >= 4 is 22.6 Å². The van der Waals surface area contributed by atoms with Crippen molar-refractivity contribution < 1.29 is 36.6 Å². The van der Waals surface area contributed by atoms with E-state index in [-0.39, 0.29) is 28.9 Å². The standard InChI is InChI=1S/C30H48I2NO4/c1-5-23(34)12-22-17-35-28-25(22)6-8-30(15-27(28)30)36-9-7-21-10-19(2)13-29(14-26(21)29)18-32-20(3)11-24(16-31-32)37-33-4/h16,19-23,25-28,34H,4-15,17-18H2,1-3H3/q-1/t19-,20?,21+,22?,23+,25+,26?,27-,28-,29-,30?/m1/s1. The van der Waals surface area contributed by atoms with Crippen LogP contribution in [0.1, 0.15) is 85.0 Å². The van der Waals surface area contributed by atoms with Crippen LogP contribution in [-0.2, 0) is 14.3 Å².